The molecule has 2 N–H and O–H groups in total. The molecule has 6 heteroatoms. The summed E-state index contributed by atoms with van der Waals surface area (Å²) >= 11 is 3.25. The Morgan fingerprint density at radius 3 is 2.58 bits per heavy atom. The summed E-state index contributed by atoms with van der Waals surface area (Å²) in [7, 11) is 1.67. The maximum atomic E-state index is 12.0. The molecule has 19 heavy (non-hydrogen) atoms. The largest absolute Gasteiger partial charge is 0.478 e. The standard InChI is InChI=1S/C13H17BrN2O3/c1-8(2)7-16(3)13(19)15-11-9(12(17)18)5-4-6-10(11)14/h4-6,8H,7H2,1-3H3,(H,15,19)(H,17,18). The molecule has 0 unspecified atom stereocenters. The summed E-state index contributed by atoms with van der Waals surface area (Å²) in [6.07, 6.45) is 0. The number of carbonyl (C=O) groups excluding carboxylic acids is 1. The van der Waals surface area contributed by atoms with Gasteiger partial charge < -0.3 is 15.3 Å². The van der Waals surface area contributed by atoms with Gasteiger partial charge in [0.1, 0.15) is 0 Å². The van der Waals surface area contributed by atoms with Crippen LogP contribution in [0.2, 0.25) is 0 Å². The van der Waals surface area contributed by atoms with Gasteiger partial charge >= 0.3 is 12.0 Å². The van der Waals surface area contributed by atoms with Gasteiger partial charge in [0.15, 0.2) is 0 Å². The predicted molar refractivity (Wildman–Crippen MR) is 77.6 cm³/mol. The number of carboxylic acid groups (broad SMARTS) is 1. The van der Waals surface area contributed by atoms with E-state index in [0.29, 0.717) is 16.9 Å². The number of carbonyl (C=O) groups is 2. The fraction of sp³-hybridized carbons (Fsp3) is 0.385. The van der Waals surface area contributed by atoms with Gasteiger partial charge in [-0.2, -0.15) is 0 Å². The van der Waals surface area contributed by atoms with E-state index >= 15 is 0 Å². The molecule has 2 amide bonds. The van der Waals surface area contributed by atoms with E-state index in [0.717, 1.165) is 0 Å². The number of hydrogen-bond donors (Lipinski definition) is 2. The Morgan fingerprint density at radius 1 is 1.42 bits per heavy atom. The molecule has 0 fully saturated rings. The molecule has 0 saturated carbocycles. The number of nitrogens with one attached hydrogen (secondary N) is 1. The van der Waals surface area contributed by atoms with Crippen molar-refractivity contribution in [2.45, 2.75) is 13.8 Å². The molecule has 1 aromatic carbocycles. The number of halogens is 1. The van der Waals surface area contributed by atoms with Crippen molar-refractivity contribution in [3.8, 4) is 0 Å². The average molecular weight is 329 g/mol. The zero-order valence-corrected chi connectivity index (χ0v) is 12.7. The summed E-state index contributed by atoms with van der Waals surface area (Å²) < 4.78 is 0.540. The number of para-hydroxylation sites is 1. The fourth-order valence-electron chi connectivity index (χ4n) is 1.66. The zero-order valence-electron chi connectivity index (χ0n) is 11.1. The van der Waals surface area contributed by atoms with Crippen molar-refractivity contribution in [3.05, 3.63) is 28.2 Å². The quantitative estimate of drug-likeness (QED) is 0.891. The molecule has 0 radical (unpaired) electrons. The molecule has 0 aliphatic heterocycles. The number of aromatic carboxylic acids is 1. The first kappa shape index (κ1) is 15.5. The number of hydrogen-bond acceptors (Lipinski definition) is 2. The van der Waals surface area contributed by atoms with E-state index in [1.54, 1.807) is 19.2 Å². The predicted octanol–water partition coefficient (Wildman–Crippen LogP) is 3.27. The van der Waals surface area contributed by atoms with Crippen molar-refractivity contribution in [1.82, 2.24) is 4.90 Å². The number of carboxylic acids is 1. The Labute approximate surface area is 120 Å². The first-order chi connectivity index (χ1) is 8.82. The first-order valence-electron chi connectivity index (χ1n) is 5.86. The molecular formula is C13H17BrN2O3. The summed E-state index contributed by atoms with van der Waals surface area (Å²) in [4.78, 5) is 24.6. The number of amides is 2. The van der Waals surface area contributed by atoms with E-state index < -0.39 is 5.97 Å². The SMILES string of the molecule is CC(C)CN(C)C(=O)Nc1c(Br)cccc1C(=O)O. The normalized spacial score (nSPS) is 10.4. The van der Waals surface area contributed by atoms with Gasteiger partial charge in [-0.25, -0.2) is 9.59 Å². The second kappa shape index (κ2) is 6.56. The third kappa shape index (κ3) is 4.24. The Balaban J connectivity index is 2.93. The highest BCUT2D eigenvalue weighted by molar-refractivity contribution is 9.10. The van der Waals surface area contributed by atoms with Crippen molar-refractivity contribution in [1.29, 1.82) is 0 Å². The monoisotopic (exact) mass is 328 g/mol. The van der Waals surface area contributed by atoms with Crippen LogP contribution in [0, 0.1) is 5.92 Å². The fourth-order valence-corrected chi connectivity index (χ4v) is 2.13. The van der Waals surface area contributed by atoms with Crippen LogP contribution in [0.25, 0.3) is 0 Å². The number of nitrogens with zero attached hydrogens (tertiary/aromatic N) is 1. The van der Waals surface area contributed by atoms with Crippen LogP contribution in [0.4, 0.5) is 10.5 Å². The molecule has 0 aromatic heterocycles. The highest BCUT2D eigenvalue weighted by Crippen LogP contribution is 2.26. The van der Waals surface area contributed by atoms with E-state index in [1.165, 1.54) is 11.0 Å². The Bertz CT molecular complexity index is 489. The molecule has 0 heterocycles. The molecule has 1 rings (SSSR count). The third-order valence-electron chi connectivity index (χ3n) is 2.46. The second-order valence-corrected chi connectivity index (χ2v) is 5.53. The van der Waals surface area contributed by atoms with E-state index in [9.17, 15) is 9.59 Å². The van der Waals surface area contributed by atoms with E-state index in [4.69, 9.17) is 5.11 Å². The van der Waals surface area contributed by atoms with Crippen LogP contribution in [0.1, 0.15) is 24.2 Å². The topological polar surface area (TPSA) is 69.6 Å². The van der Waals surface area contributed by atoms with Crippen molar-refractivity contribution in [3.63, 3.8) is 0 Å². The van der Waals surface area contributed by atoms with E-state index in [2.05, 4.69) is 21.2 Å². The maximum Gasteiger partial charge on any atom is 0.337 e. The van der Waals surface area contributed by atoms with Gasteiger partial charge in [0.05, 0.1) is 11.3 Å². The van der Waals surface area contributed by atoms with E-state index in [-0.39, 0.29) is 17.3 Å². The van der Waals surface area contributed by atoms with Crippen LogP contribution < -0.4 is 5.32 Å². The molecule has 104 valence electrons. The summed E-state index contributed by atoms with van der Waals surface area (Å²) in [6.45, 7) is 4.61. The zero-order chi connectivity index (χ0) is 14.6. The summed E-state index contributed by atoms with van der Waals surface area (Å²) in [6, 6.07) is 4.42. The van der Waals surface area contributed by atoms with Crippen LogP contribution in [-0.4, -0.2) is 35.6 Å². The lowest BCUT2D eigenvalue weighted by Crippen LogP contribution is -2.34. The maximum absolute atomic E-state index is 12.0. The third-order valence-corrected chi connectivity index (χ3v) is 3.12. The molecule has 0 saturated heterocycles. The first-order valence-corrected chi connectivity index (χ1v) is 6.66. The molecule has 0 spiro atoms. The minimum Gasteiger partial charge on any atom is -0.478 e. The average Bonchev–Trinajstić information content (AvgIpc) is 2.30. The van der Waals surface area contributed by atoms with Gasteiger partial charge in [0, 0.05) is 18.1 Å². The highest BCUT2D eigenvalue weighted by atomic mass is 79.9. The van der Waals surface area contributed by atoms with Crippen LogP contribution in [0.15, 0.2) is 22.7 Å². The summed E-state index contributed by atoms with van der Waals surface area (Å²) in [5, 5.41) is 11.7. The Morgan fingerprint density at radius 2 is 2.05 bits per heavy atom. The lowest BCUT2D eigenvalue weighted by molar-refractivity contribution is 0.0698. The van der Waals surface area contributed by atoms with Gasteiger partial charge in [-0.05, 0) is 34.0 Å². The number of urea groups is 1. The van der Waals surface area contributed by atoms with Crippen molar-refractivity contribution in [2.75, 3.05) is 18.9 Å². The molecule has 5 nitrogen and oxygen atoms in total. The molecule has 0 aliphatic rings. The minimum atomic E-state index is -1.08. The van der Waals surface area contributed by atoms with Crippen LogP contribution in [0.3, 0.4) is 0 Å². The molecule has 0 bridgehead atoms. The Kier molecular flexibility index (Phi) is 5.35. The van der Waals surface area contributed by atoms with E-state index in [1.807, 2.05) is 13.8 Å². The Hall–Kier alpha value is -1.56. The van der Waals surface area contributed by atoms with Crippen molar-refractivity contribution in [2.24, 2.45) is 5.92 Å². The van der Waals surface area contributed by atoms with Crippen LogP contribution in [-0.2, 0) is 0 Å². The van der Waals surface area contributed by atoms with Gasteiger partial charge in [-0.1, -0.05) is 19.9 Å². The number of benzene rings is 1. The van der Waals surface area contributed by atoms with Gasteiger partial charge in [0.2, 0.25) is 0 Å². The lowest BCUT2D eigenvalue weighted by atomic mass is 10.2. The van der Waals surface area contributed by atoms with Gasteiger partial charge in [-0.15, -0.1) is 0 Å². The molecule has 0 aliphatic carbocycles. The number of anilines is 1. The van der Waals surface area contributed by atoms with Crippen LogP contribution in [0.5, 0.6) is 0 Å². The van der Waals surface area contributed by atoms with Gasteiger partial charge in [-0.3, -0.25) is 0 Å². The smallest absolute Gasteiger partial charge is 0.337 e. The van der Waals surface area contributed by atoms with Crippen molar-refractivity contribution < 1.29 is 14.7 Å². The van der Waals surface area contributed by atoms with Crippen molar-refractivity contribution >= 4 is 33.6 Å². The number of rotatable bonds is 4. The second-order valence-electron chi connectivity index (χ2n) is 4.67. The van der Waals surface area contributed by atoms with Gasteiger partial charge in [0.25, 0.3) is 0 Å². The van der Waals surface area contributed by atoms with Crippen LogP contribution >= 0.6 is 15.9 Å². The molecule has 0 atom stereocenters. The summed E-state index contributed by atoms with van der Waals surface area (Å²) in [5.74, 6) is -0.739. The highest BCUT2D eigenvalue weighted by Gasteiger charge is 2.17. The summed E-state index contributed by atoms with van der Waals surface area (Å²) in [5.41, 5.74) is 0.330. The lowest BCUT2D eigenvalue weighted by Gasteiger charge is -2.21. The molecule has 1 aromatic rings. The minimum absolute atomic E-state index is 0.0562. The molecular weight excluding hydrogens is 312 g/mol.